The third kappa shape index (κ3) is 5.26. The van der Waals surface area contributed by atoms with Crippen molar-refractivity contribution < 1.29 is 0 Å². The van der Waals surface area contributed by atoms with Crippen LogP contribution in [-0.2, 0) is 0 Å². The van der Waals surface area contributed by atoms with Crippen molar-refractivity contribution in [2.45, 2.75) is 53.5 Å². The van der Waals surface area contributed by atoms with Crippen LogP contribution in [0.15, 0.2) is 18.2 Å². The minimum atomic E-state index is 0.442. The molecule has 1 unspecified atom stereocenters. The van der Waals surface area contributed by atoms with Crippen LogP contribution in [0, 0.1) is 13.8 Å². The molecular formula is C18H32N2. The minimum absolute atomic E-state index is 0.442. The highest BCUT2D eigenvalue weighted by Crippen LogP contribution is 2.18. The molecule has 0 saturated carbocycles. The van der Waals surface area contributed by atoms with Gasteiger partial charge in [0, 0.05) is 12.6 Å². The summed E-state index contributed by atoms with van der Waals surface area (Å²) in [6, 6.07) is 7.32. The SMILES string of the molecule is CCCN(CCC)CC(NCC)c1ccc(C)c(C)c1. The number of likely N-dealkylation sites (N-methyl/N-ethyl adjacent to an activating group) is 1. The minimum Gasteiger partial charge on any atom is -0.309 e. The second-order valence-corrected chi connectivity index (χ2v) is 5.75. The molecule has 1 aromatic carbocycles. The van der Waals surface area contributed by atoms with Crippen LogP contribution in [0.2, 0.25) is 0 Å². The van der Waals surface area contributed by atoms with E-state index in [2.05, 4.69) is 63.0 Å². The maximum atomic E-state index is 3.65. The molecule has 0 spiro atoms. The molecule has 114 valence electrons. The number of nitrogens with one attached hydrogen (secondary N) is 1. The van der Waals surface area contributed by atoms with Gasteiger partial charge in [0.2, 0.25) is 0 Å². The molecule has 0 amide bonds. The molecule has 1 atom stereocenters. The molecule has 2 nitrogen and oxygen atoms in total. The lowest BCUT2D eigenvalue weighted by Crippen LogP contribution is -2.36. The van der Waals surface area contributed by atoms with Crippen molar-refractivity contribution in [3.05, 3.63) is 34.9 Å². The van der Waals surface area contributed by atoms with E-state index in [1.54, 1.807) is 0 Å². The van der Waals surface area contributed by atoms with Crippen LogP contribution in [0.1, 0.15) is 56.3 Å². The Balaban J connectivity index is 2.83. The second-order valence-electron chi connectivity index (χ2n) is 5.75. The first kappa shape index (κ1) is 17.2. The van der Waals surface area contributed by atoms with Crippen molar-refractivity contribution in [3.8, 4) is 0 Å². The van der Waals surface area contributed by atoms with Crippen LogP contribution in [-0.4, -0.2) is 31.1 Å². The van der Waals surface area contributed by atoms with E-state index in [4.69, 9.17) is 0 Å². The Morgan fingerprint density at radius 2 is 1.65 bits per heavy atom. The van der Waals surface area contributed by atoms with Gasteiger partial charge in [-0.3, -0.25) is 0 Å². The van der Waals surface area contributed by atoms with Gasteiger partial charge in [-0.2, -0.15) is 0 Å². The highest BCUT2D eigenvalue weighted by atomic mass is 15.1. The van der Waals surface area contributed by atoms with Crippen molar-refractivity contribution in [2.75, 3.05) is 26.2 Å². The molecule has 0 fully saturated rings. The smallest absolute Gasteiger partial charge is 0.0449 e. The largest absolute Gasteiger partial charge is 0.309 e. The Kier molecular flexibility index (Phi) is 7.86. The topological polar surface area (TPSA) is 15.3 Å². The fourth-order valence-electron chi connectivity index (χ4n) is 2.70. The number of rotatable bonds is 9. The van der Waals surface area contributed by atoms with Crippen LogP contribution >= 0.6 is 0 Å². The second kappa shape index (κ2) is 9.15. The lowest BCUT2D eigenvalue weighted by Gasteiger charge is -2.28. The fraction of sp³-hybridized carbons (Fsp3) is 0.667. The summed E-state index contributed by atoms with van der Waals surface area (Å²) in [6.07, 6.45) is 2.46. The monoisotopic (exact) mass is 276 g/mol. The Hall–Kier alpha value is -0.860. The molecule has 0 aliphatic rings. The summed E-state index contributed by atoms with van der Waals surface area (Å²) in [5.74, 6) is 0. The fourth-order valence-corrected chi connectivity index (χ4v) is 2.70. The Labute approximate surface area is 125 Å². The molecule has 0 bridgehead atoms. The summed E-state index contributed by atoms with van der Waals surface area (Å²) in [5.41, 5.74) is 4.19. The highest BCUT2D eigenvalue weighted by Gasteiger charge is 2.15. The predicted molar refractivity (Wildman–Crippen MR) is 89.4 cm³/mol. The number of nitrogens with zero attached hydrogens (tertiary/aromatic N) is 1. The number of benzene rings is 1. The maximum Gasteiger partial charge on any atom is 0.0449 e. The average Bonchev–Trinajstić information content (AvgIpc) is 2.42. The van der Waals surface area contributed by atoms with E-state index in [0.29, 0.717) is 6.04 Å². The van der Waals surface area contributed by atoms with Gasteiger partial charge in [0.25, 0.3) is 0 Å². The summed E-state index contributed by atoms with van der Waals surface area (Å²) < 4.78 is 0. The summed E-state index contributed by atoms with van der Waals surface area (Å²) in [6.45, 7) is 15.6. The molecule has 0 aliphatic carbocycles. The van der Waals surface area contributed by atoms with Gasteiger partial charge in [-0.1, -0.05) is 39.0 Å². The zero-order valence-corrected chi connectivity index (χ0v) is 14.0. The number of hydrogen-bond acceptors (Lipinski definition) is 2. The molecule has 1 N–H and O–H groups in total. The Bertz CT molecular complexity index is 381. The molecule has 1 aromatic rings. The van der Waals surface area contributed by atoms with Gasteiger partial charge in [0.05, 0.1) is 0 Å². The molecule has 2 heteroatoms. The average molecular weight is 276 g/mol. The third-order valence-electron chi connectivity index (χ3n) is 3.90. The summed E-state index contributed by atoms with van der Waals surface area (Å²) in [4.78, 5) is 2.59. The van der Waals surface area contributed by atoms with Gasteiger partial charge < -0.3 is 10.2 Å². The number of aryl methyl sites for hydroxylation is 2. The van der Waals surface area contributed by atoms with Gasteiger partial charge in [0.15, 0.2) is 0 Å². The Morgan fingerprint density at radius 3 is 2.15 bits per heavy atom. The quantitative estimate of drug-likeness (QED) is 0.731. The normalized spacial score (nSPS) is 12.9. The third-order valence-corrected chi connectivity index (χ3v) is 3.90. The summed E-state index contributed by atoms with van der Waals surface area (Å²) >= 11 is 0. The van der Waals surface area contributed by atoms with E-state index in [1.807, 2.05) is 0 Å². The first-order chi connectivity index (χ1) is 9.62. The zero-order valence-electron chi connectivity index (χ0n) is 14.0. The van der Waals surface area contributed by atoms with Crippen LogP contribution in [0.5, 0.6) is 0 Å². The molecule has 0 saturated heterocycles. The van der Waals surface area contributed by atoms with Gasteiger partial charge in [0.1, 0.15) is 0 Å². The van der Waals surface area contributed by atoms with E-state index >= 15 is 0 Å². The van der Waals surface area contributed by atoms with Gasteiger partial charge in [-0.25, -0.2) is 0 Å². The molecular weight excluding hydrogens is 244 g/mol. The maximum absolute atomic E-state index is 3.65. The van der Waals surface area contributed by atoms with E-state index in [1.165, 1.54) is 42.6 Å². The molecule has 0 radical (unpaired) electrons. The lowest BCUT2D eigenvalue weighted by atomic mass is 10.0. The van der Waals surface area contributed by atoms with Crippen molar-refractivity contribution in [1.29, 1.82) is 0 Å². The standard InChI is InChI=1S/C18H32N2/c1-6-11-20(12-7-2)14-18(19-8-3)17-10-9-15(4)16(5)13-17/h9-10,13,18-19H,6-8,11-12,14H2,1-5H3. The molecule has 0 aromatic heterocycles. The zero-order chi connectivity index (χ0) is 15.0. The van der Waals surface area contributed by atoms with Crippen molar-refractivity contribution in [1.82, 2.24) is 10.2 Å². The summed E-state index contributed by atoms with van der Waals surface area (Å²) in [5, 5.41) is 3.65. The molecule has 1 rings (SSSR count). The van der Waals surface area contributed by atoms with Crippen LogP contribution in [0.4, 0.5) is 0 Å². The summed E-state index contributed by atoms with van der Waals surface area (Å²) in [7, 11) is 0. The van der Waals surface area contributed by atoms with Crippen molar-refractivity contribution in [2.24, 2.45) is 0 Å². The van der Waals surface area contributed by atoms with E-state index in [9.17, 15) is 0 Å². The van der Waals surface area contributed by atoms with E-state index in [0.717, 1.165) is 13.1 Å². The van der Waals surface area contributed by atoms with E-state index in [-0.39, 0.29) is 0 Å². The van der Waals surface area contributed by atoms with Crippen molar-refractivity contribution in [3.63, 3.8) is 0 Å². The molecule has 0 aliphatic heterocycles. The van der Waals surface area contributed by atoms with Gasteiger partial charge in [-0.15, -0.1) is 0 Å². The van der Waals surface area contributed by atoms with Gasteiger partial charge >= 0.3 is 0 Å². The number of hydrogen-bond donors (Lipinski definition) is 1. The van der Waals surface area contributed by atoms with E-state index < -0.39 is 0 Å². The molecule has 20 heavy (non-hydrogen) atoms. The van der Waals surface area contributed by atoms with Crippen LogP contribution in [0.25, 0.3) is 0 Å². The first-order valence-corrected chi connectivity index (χ1v) is 8.15. The molecule has 0 heterocycles. The van der Waals surface area contributed by atoms with Crippen molar-refractivity contribution >= 4 is 0 Å². The predicted octanol–water partition coefficient (Wildman–Crippen LogP) is 4.08. The lowest BCUT2D eigenvalue weighted by molar-refractivity contribution is 0.244. The van der Waals surface area contributed by atoms with Gasteiger partial charge in [-0.05, 0) is 63.0 Å². The first-order valence-electron chi connectivity index (χ1n) is 8.15. The van der Waals surface area contributed by atoms with Crippen LogP contribution < -0.4 is 5.32 Å². The van der Waals surface area contributed by atoms with Crippen LogP contribution in [0.3, 0.4) is 0 Å². The Morgan fingerprint density at radius 1 is 1.00 bits per heavy atom. The highest BCUT2D eigenvalue weighted by molar-refractivity contribution is 5.31.